The van der Waals surface area contributed by atoms with E-state index in [0.29, 0.717) is 5.56 Å². The first-order chi connectivity index (χ1) is 11.2. The molecule has 118 valence electrons. The number of benzene rings is 1. The van der Waals surface area contributed by atoms with E-state index in [1.54, 1.807) is 28.4 Å². The minimum Gasteiger partial charge on any atom is -0.329 e. The third kappa shape index (κ3) is 2.63. The van der Waals surface area contributed by atoms with Crippen LogP contribution in [0.1, 0.15) is 40.7 Å². The molecule has 0 aliphatic carbocycles. The van der Waals surface area contributed by atoms with Gasteiger partial charge >= 0.3 is 0 Å². The molecule has 2 aromatic heterocycles. The van der Waals surface area contributed by atoms with Crippen molar-refractivity contribution in [3.05, 3.63) is 47.2 Å². The third-order valence-corrected chi connectivity index (χ3v) is 5.45. The SMILES string of the molecule is Cn1cc(C(=O)N2CCCCC2c2nc3ccccc3s2)cn1. The summed E-state index contributed by atoms with van der Waals surface area (Å²) < 4.78 is 2.85. The number of aryl methyl sites for hydroxylation is 1. The molecule has 1 atom stereocenters. The Balaban J connectivity index is 1.68. The van der Waals surface area contributed by atoms with Crippen LogP contribution in [0, 0.1) is 0 Å². The molecule has 6 heteroatoms. The van der Waals surface area contributed by atoms with Gasteiger partial charge in [0.05, 0.1) is 28.0 Å². The lowest BCUT2D eigenvalue weighted by molar-refractivity contribution is 0.0611. The van der Waals surface area contributed by atoms with Crippen molar-refractivity contribution in [3.63, 3.8) is 0 Å². The first-order valence-electron chi connectivity index (χ1n) is 7.87. The van der Waals surface area contributed by atoms with Gasteiger partial charge in [0.15, 0.2) is 0 Å². The van der Waals surface area contributed by atoms with E-state index in [-0.39, 0.29) is 11.9 Å². The predicted molar refractivity (Wildman–Crippen MR) is 90.5 cm³/mol. The van der Waals surface area contributed by atoms with Crippen molar-refractivity contribution in [2.75, 3.05) is 6.54 Å². The maximum atomic E-state index is 12.9. The summed E-state index contributed by atoms with van der Waals surface area (Å²) in [7, 11) is 1.83. The van der Waals surface area contributed by atoms with Crippen molar-refractivity contribution in [1.82, 2.24) is 19.7 Å². The average molecular weight is 326 g/mol. The van der Waals surface area contributed by atoms with Crippen LogP contribution in [0.2, 0.25) is 0 Å². The second-order valence-electron chi connectivity index (χ2n) is 5.93. The lowest BCUT2D eigenvalue weighted by Gasteiger charge is -2.34. The molecule has 23 heavy (non-hydrogen) atoms. The molecule has 0 spiro atoms. The Hall–Kier alpha value is -2.21. The lowest BCUT2D eigenvalue weighted by atomic mass is 10.0. The summed E-state index contributed by atoms with van der Waals surface area (Å²) in [6.07, 6.45) is 6.59. The number of aromatic nitrogens is 3. The van der Waals surface area contributed by atoms with Gasteiger partial charge in [-0.2, -0.15) is 5.10 Å². The summed E-state index contributed by atoms with van der Waals surface area (Å²) in [5.41, 5.74) is 1.67. The number of hydrogen-bond acceptors (Lipinski definition) is 4. The minimum atomic E-state index is 0.0575. The van der Waals surface area contributed by atoms with Crippen molar-refractivity contribution in [1.29, 1.82) is 0 Å². The van der Waals surface area contributed by atoms with Crippen molar-refractivity contribution in [2.45, 2.75) is 25.3 Å². The topological polar surface area (TPSA) is 51.0 Å². The maximum Gasteiger partial charge on any atom is 0.257 e. The molecule has 3 aromatic rings. The summed E-state index contributed by atoms with van der Waals surface area (Å²) in [6, 6.07) is 8.24. The smallest absolute Gasteiger partial charge is 0.257 e. The van der Waals surface area contributed by atoms with Crippen LogP contribution in [0.3, 0.4) is 0 Å². The molecule has 0 N–H and O–H groups in total. The van der Waals surface area contributed by atoms with Crippen molar-refractivity contribution < 1.29 is 4.79 Å². The summed E-state index contributed by atoms with van der Waals surface area (Å²) in [5.74, 6) is 0.0575. The van der Waals surface area contributed by atoms with Gasteiger partial charge in [0, 0.05) is 19.8 Å². The fourth-order valence-corrected chi connectivity index (χ4v) is 4.28. The molecular weight excluding hydrogens is 308 g/mol. The highest BCUT2D eigenvalue weighted by molar-refractivity contribution is 7.18. The van der Waals surface area contributed by atoms with Gasteiger partial charge in [-0.15, -0.1) is 11.3 Å². The summed E-state index contributed by atoms with van der Waals surface area (Å²) in [4.78, 5) is 19.6. The monoisotopic (exact) mass is 326 g/mol. The Morgan fingerprint density at radius 2 is 2.17 bits per heavy atom. The highest BCUT2D eigenvalue weighted by atomic mass is 32.1. The normalized spacial score (nSPS) is 18.5. The molecule has 1 saturated heterocycles. The minimum absolute atomic E-state index is 0.0575. The van der Waals surface area contributed by atoms with Gasteiger partial charge in [0.1, 0.15) is 5.01 Å². The zero-order valence-electron chi connectivity index (χ0n) is 13.0. The van der Waals surface area contributed by atoms with Gasteiger partial charge in [-0.3, -0.25) is 9.48 Å². The molecule has 1 aromatic carbocycles. The van der Waals surface area contributed by atoms with Gasteiger partial charge in [-0.25, -0.2) is 4.98 Å². The molecule has 1 amide bonds. The van der Waals surface area contributed by atoms with E-state index in [1.807, 2.05) is 30.1 Å². The van der Waals surface area contributed by atoms with E-state index in [1.165, 1.54) is 4.70 Å². The number of para-hydroxylation sites is 1. The Morgan fingerprint density at radius 1 is 1.30 bits per heavy atom. The number of piperidine rings is 1. The molecule has 5 nitrogen and oxygen atoms in total. The van der Waals surface area contributed by atoms with Crippen molar-refractivity contribution >= 4 is 27.5 Å². The molecule has 4 rings (SSSR count). The highest BCUT2D eigenvalue weighted by Crippen LogP contribution is 2.36. The first kappa shape index (κ1) is 14.4. The van der Waals surface area contributed by atoms with Gasteiger partial charge in [0.2, 0.25) is 0 Å². The van der Waals surface area contributed by atoms with Gasteiger partial charge in [0.25, 0.3) is 5.91 Å². The Morgan fingerprint density at radius 3 is 2.96 bits per heavy atom. The van der Waals surface area contributed by atoms with Gasteiger partial charge in [-0.05, 0) is 31.4 Å². The van der Waals surface area contributed by atoms with Crippen molar-refractivity contribution in [3.8, 4) is 0 Å². The van der Waals surface area contributed by atoms with Crippen LogP contribution in [0.5, 0.6) is 0 Å². The molecule has 1 unspecified atom stereocenters. The zero-order chi connectivity index (χ0) is 15.8. The molecular formula is C17H18N4OS. The summed E-state index contributed by atoms with van der Waals surface area (Å²) in [6.45, 7) is 0.786. The van der Waals surface area contributed by atoms with Crippen LogP contribution in [0.4, 0.5) is 0 Å². The van der Waals surface area contributed by atoms with Crippen LogP contribution in [0.15, 0.2) is 36.7 Å². The first-order valence-corrected chi connectivity index (χ1v) is 8.69. The van der Waals surface area contributed by atoms with Gasteiger partial charge in [-0.1, -0.05) is 12.1 Å². The lowest BCUT2D eigenvalue weighted by Crippen LogP contribution is -2.38. The van der Waals surface area contributed by atoms with E-state index in [4.69, 9.17) is 4.98 Å². The van der Waals surface area contributed by atoms with E-state index >= 15 is 0 Å². The molecule has 0 saturated carbocycles. The fourth-order valence-electron chi connectivity index (χ4n) is 3.16. The average Bonchev–Trinajstić information content (AvgIpc) is 3.20. The van der Waals surface area contributed by atoms with E-state index < -0.39 is 0 Å². The largest absolute Gasteiger partial charge is 0.329 e. The number of amides is 1. The van der Waals surface area contributed by atoms with Crippen LogP contribution < -0.4 is 0 Å². The molecule has 1 aliphatic heterocycles. The molecule has 1 fully saturated rings. The van der Waals surface area contributed by atoms with Crippen LogP contribution in [-0.2, 0) is 7.05 Å². The second kappa shape index (κ2) is 5.77. The van der Waals surface area contributed by atoms with Crippen LogP contribution in [0.25, 0.3) is 10.2 Å². The van der Waals surface area contributed by atoms with Crippen molar-refractivity contribution in [2.24, 2.45) is 7.05 Å². The van der Waals surface area contributed by atoms with Gasteiger partial charge < -0.3 is 4.90 Å². The van der Waals surface area contributed by atoms with Crippen LogP contribution in [-0.4, -0.2) is 32.1 Å². The number of carbonyl (C=O) groups is 1. The fraction of sp³-hybridized carbons (Fsp3) is 0.353. The second-order valence-corrected chi connectivity index (χ2v) is 6.99. The maximum absolute atomic E-state index is 12.9. The molecule has 0 bridgehead atoms. The summed E-state index contributed by atoms with van der Waals surface area (Å²) in [5, 5.41) is 5.17. The number of rotatable bonds is 2. The number of nitrogens with zero attached hydrogens (tertiary/aromatic N) is 4. The number of fused-ring (bicyclic) bond motifs is 1. The number of likely N-dealkylation sites (tertiary alicyclic amines) is 1. The Labute approximate surface area is 138 Å². The number of hydrogen-bond donors (Lipinski definition) is 0. The molecule has 0 radical (unpaired) electrons. The zero-order valence-corrected chi connectivity index (χ0v) is 13.8. The van der Waals surface area contributed by atoms with E-state index in [2.05, 4.69) is 11.2 Å². The van der Waals surface area contributed by atoms with E-state index in [9.17, 15) is 4.79 Å². The molecule has 1 aliphatic rings. The van der Waals surface area contributed by atoms with E-state index in [0.717, 1.165) is 36.3 Å². The number of thiazole rings is 1. The Kier molecular flexibility index (Phi) is 3.61. The molecule has 3 heterocycles. The summed E-state index contributed by atoms with van der Waals surface area (Å²) >= 11 is 1.70. The quantitative estimate of drug-likeness (QED) is 0.725. The predicted octanol–water partition coefficient (Wildman–Crippen LogP) is 3.40. The van der Waals surface area contributed by atoms with Crippen LogP contribution >= 0.6 is 11.3 Å². The standard InChI is InChI=1S/C17H18N4OS/c1-20-11-12(10-18-20)17(22)21-9-5-4-7-14(21)16-19-13-6-2-3-8-15(13)23-16/h2-3,6,8,10-11,14H,4-5,7,9H2,1H3. The Bertz CT molecular complexity index is 820. The highest BCUT2D eigenvalue weighted by Gasteiger charge is 2.31. The number of carbonyl (C=O) groups excluding carboxylic acids is 1. The third-order valence-electron chi connectivity index (χ3n) is 4.31.